The average Bonchev–Trinajstić information content (AvgIpc) is 2.47. The van der Waals surface area contributed by atoms with Gasteiger partial charge in [-0.3, -0.25) is 0 Å². The summed E-state index contributed by atoms with van der Waals surface area (Å²) in [6.07, 6.45) is -3.19. The van der Waals surface area contributed by atoms with E-state index in [0.29, 0.717) is 12.8 Å². The van der Waals surface area contributed by atoms with Crippen molar-refractivity contribution in [1.82, 2.24) is 0 Å². The maximum Gasteiger partial charge on any atom is 0.391 e. The van der Waals surface area contributed by atoms with Gasteiger partial charge in [-0.1, -0.05) is 0 Å². The van der Waals surface area contributed by atoms with Gasteiger partial charge in [0.2, 0.25) is 0 Å². The van der Waals surface area contributed by atoms with E-state index in [4.69, 9.17) is 4.79 Å². The van der Waals surface area contributed by atoms with Crippen LogP contribution < -0.4 is 0 Å². The minimum absolute atomic E-state index is 0.351. The van der Waals surface area contributed by atoms with Gasteiger partial charge in [0.05, 0.1) is 5.92 Å². The fraction of sp³-hybridized carbons (Fsp3) is 0.800. The first-order valence-electron chi connectivity index (χ1n) is 2.46. The lowest BCUT2D eigenvalue weighted by Crippen LogP contribution is -2.08. The Kier molecular flexibility index (Phi) is 2.67. The molecule has 1 saturated carbocycles. The molecule has 0 bridgehead atoms. The summed E-state index contributed by atoms with van der Waals surface area (Å²) >= 11 is 0. The summed E-state index contributed by atoms with van der Waals surface area (Å²) in [6.45, 7) is 2.00. The van der Waals surface area contributed by atoms with Crippen LogP contribution in [-0.4, -0.2) is 13.0 Å². The zero-order chi connectivity index (χ0) is 7.49. The molecule has 4 heteroatoms. The Morgan fingerprint density at radius 1 is 1.22 bits per heavy atom. The van der Waals surface area contributed by atoms with E-state index in [-0.39, 0.29) is 0 Å². The second-order valence-electron chi connectivity index (χ2n) is 1.82. The third-order valence-electron chi connectivity index (χ3n) is 1.04. The highest BCUT2D eigenvalue weighted by molar-refractivity contribution is 5.10. The molecule has 1 fully saturated rings. The molecule has 0 spiro atoms. The summed E-state index contributed by atoms with van der Waals surface area (Å²) < 4.78 is 33.7. The molecule has 0 amide bonds. The summed E-state index contributed by atoms with van der Waals surface area (Å²) in [5.74, 6) is -0.951. The Labute approximate surface area is 50.9 Å². The van der Waals surface area contributed by atoms with E-state index in [2.05, 4.69) is 0 Å². The van der Waals surface area contributed by atoms with Gasteiger partial charge in [0.1, 0.15) is 6.79 Å². The molecule has 0 radical (unpaired) electrons. The van der Waals surface area contributed by atoms with Crippen molar-refractivity contribution in [1.29, 1.82) is 0 Å². The number of halogens is 3. The molecule has 0 aromatic heterocycles. The summed E-state index contributed by atoms with van der Waals surface area (Å²) in [5, 5.41) is 0. The third kappa shape index (κ3) is 3.11. The van der Waals surface area contributed by atoms with Crippen LogP contribution in [0.1, 0.15) is 12.8 Å². The Hall–Kier alpha value is -0.540. The van der Waals surface area contributed by atoms with Gasteiger partial charge < -0.3 is 4.79 Å². The standard InChI is InChI=1S/C4H5F3.CH2O/c5-4(6,7)3-1-2-3;1-2/h3H,1-2H2;1H2. The predicted molar refractivity (Wildman–Crippen MR) is 25.9 cm³/mol. The van der Waals surface area contributed by atoms with Gasteiger partial charge in [0, 0.05) is 0 Å². The first-order chi connectivity index (χ1) is 4.11. The van der Waals surface area contributed by atoms with Crippen molar-refractivity contribution in [2.75, 3.05) is 0 Å². The highest BCUT2D eigenvalue weighted by atomic mass is 19.4. The van der Waals surface area contributed by atoms with Crippen molar-refractivity contribution >= 4 is 6.79 Å². The van der Waals surface area contributed by atoms with Crippen molar-refractivity contribution in [3.8, 4) is 0 Å². The lowest BCUT2D eigenvalue weighted by atomic mass is 10.4. The van der Waals surface area contributed by atoms with E-state index >= 15 is 0 Å². The molecule has 54 valence electrons. The molecule has 0 aromatic carbocycles. The molecule has 0 saturated heterocycles. The second kappa shape index (κ2) is 2.85. The molecule has 1 aliphatic carbocycles. The number of rotatable bonds is 0. The molecule has 0 aliphatic heterocycles. The molecule has 1 aliphatic rings. The Bertz CT molecular complexity index is 84.7. The third-order valence-corrected chi connectivity index (χ3v) is 1.04. The van der Waals surface area contributed by atoms with Crippen LogP contribution in [0, 0.1) is 5.92 Å². The fourth-order valence-electron chi connectivity index (χ4n) is 0.411. The van der Waals surface area contributed by atoms with E-state index < -0.39 is 12.1 Å². The van der Waals surface area contributed by atoms with Crippen LogP contribution in [0.5, 0.6) is 0 Å². The van der Waals surface area contributed by atoms with Crippen molar-refractivity contribution in [3.63, 3.8) is 0 Å². The van der Waals surface area contributed by atoms with Gasteiger partial charge >= 0.3 is 6.18 Å². The van der Waals surface area contributed by atoms with Crippen molar-refractivity contribution in [2.24, 2.45) is 5.92 Å². The highest BCUT2D eigenvalue weighted by Gasteiger charge is 2.46. The molecule has 0 N–H and O–H groups in total. The van der Waals surface area contributed by atoms with Crippen LogP contribution in [0.3, 0.4) is 0 Å². The van der Waals surface area contributed by atoms with Crippen molar-refractivity contribution in [2.45, 2.75) is 19.0 Å². The van der Waals surface area contributed by atoms with E-state index in [9.17, 15) is 13.2 Å². The number of hydrogen-bond donors (Lipinski definition) is 0. The van der Waals surface area contributed by atoms with Gasteiger partial charge in [0.15, 0.2) is 0 Å². The summed E-state index contributed by atoms with van der Waals surface area (Å²) in [4.78, 5) is 8.00. The van der Waals surface area contributed by atoms with E-state index in [0.717, 1.165) is 0 Å². The van der Waals surface area contributed by atoms with Crippen LogP contribution in [0.2, 0.25) is 0 Å². The summed E-state index contributed by atoms with van der Waals surface area (Å²) in [7, 11) is 0. The zero-order valence-electron chi connectivity index (χ0n) is 4.74. The molecule has 0 unspecified atom stereocenters. The Morgan fingerprint density at radius 2 is 1.56 bits per heavy atom. The van der Waals surface area contributed by atoms with Gasteiger partial charge in [0.25, 0.3) is 0 Å². The minimum Gasteiger partial charge on any atom is -0.307 e. The number of alkyl halides is 3. The molecule has 9 heavy (non-hydrogen) atoms. The molecular weight excluding hydrogens is 133 g/mol. The minimum atomic E-state index is -3.89. The quantitative estimate of drug-likeness (QED) is 0.501. The second-order valence-corrected chi connectivity index (χ2v) is 1.82. The van der Waals surface area contributed by atoms with Gasteiger partial charge in [-0.15, -0.1) is 0 Å². The van der Waals surface area contributed by atoms with E-state index in [1.54, 1.807) is 0 Å². The van der Waals surface area contributed by atoms with Gasteiger partial charge in [-0.05, 0) is 12.8 Å². The lowest BCUT2D eigenvalue weighted by molar-refractivity contribution is -0.147. The molecular formula is C5H7F3O. The number of hydrogen-bond acceptors (Lipinski definition) is 1. The zero-order valence-corrected chi connectivity index (χ0v) is 4.74. The van der Waals surface area contributed by atoms with Gasteiger partial charge in [-0.25, -0.2) is 0 Å². The van der Waals surface area contributed by atoms with Crippen LogP contribution >= 0.6 is 0 Å². The maximum atomic E-state index is 11.2. The van der Waals surface area contributed by atoms with E-state index in [1.807, 2.05) is 6.79 Å². The normalized spacial score (nSPS) is 18.1. The highest BCUT2D eigenvalue weighted by Crippen LogP contribution is 2.43. The largest absolute Gasteiger partial charge is 0.391 e. The molecule has 0 heterocycles. The first kappa shape index (κ1) is 8.46. The van der Waals surface area contributed by atoms with Crippen molar-refractivity contribution in [3.05, 3.63) is 0 Å². The van der Waals surface area contributed by atoms with Crippen LogP contribution in [-0.2, 0) is 4.79 Å². The molecule has 1 rings (SSSR count). The number of carbonyl (C=O) groups is 1. The maximum absolute atomic E-state index is 11.2. The molecule has 1 nitrogen and oxygen atoms in total. The monoisotopic (exact) mass is 140 g/mol. The predicted octanol–water partition coefficient (Wildman–Crippen LogP) is 1.77. The lowest BCUT2D eigenvalue weighted by Gasteiger charge is -1.99. The molecule has 0 aromatic rings. The van der Waals surface area contributed by atoms with Crippen LogP contribution in [0.4, 0.5) is 13.2 Å². The van der Waals surface area contributed by atoms with Crippen LogP contribution in [0.15, 0.2) is 0 Å². The first-order valence-corrected chi connectivity index (χ1v) is 2.46. The van der Waals surface area contributed by atoms with Gasteiger partial charge in [-0.2, -0.15) is 13.2 Å². The number of carbonyl (C=O) groups excluding carboxylic acids is 1. The molecule has 0 atom stereocenters. The van der Waals surface area contributed by atoms with Crippen molar-refractivity contribution < 1.29 is 18.0 Å². The smallest absolute Gasteiger partial charge is 0.307 e. The SMILES string of the molecule is C=O.FC(F)(F)C1CC1. The topological polar surface area (TPSA) is 17.1 Å². The summed E-state index contributed by atoms with van der Waals surface area (Å²) in [6, 6.07) is 0. The fourth-order valence-corrected chi connectivity index (χ4v) is 0.411. The average molecular weight is 140 g/mol. The van der Waals surface area contributed by atoms with Crippen LogP contribution in [0.25, 0.3) is 0 Å². The Morgan fingerprint density at radius 3 is 1.56 bits per heavy atom. The Balaban J connectivity index is 0.000000291. The van der Waals surface area contributed by atoms with E-state index in [1.165, 1.54) is 0 Å². The summed E-state index contributed by atoms with van der Waals surface area (Å²) in [5.41, 5.74) is 0.